The van der Waals surface area contributed by atoms with Crippen molar-refractivity contribution in [1.29, 1.82) is 0 Å². The molecule has 0 aliphatic heterocycles. The number of sulfonamides is 1. The van der Waals surface area contributed by atoms with Crippen molar-refractivity contribution in [3.8, 4) is 5.75 Å². The van der Waals surface area contributed by atoms with E-state index < -0.39 is 10.0 Å². The summed E-state index contributed by atoms with van der Waals surface area (Å²) in [5, 5.41) is 5.61. The van der Waals surface area contributed by atoms with Crippen LogP contribution in [0.1, 0.15) is 36.2 Å². The summed E-state index contributed by atoms with van der Waals surface area (Å²) >= 11 is 5.24. The molecule has 0 radical (unpaired) electrons. The van der Waals surface area contributed by atoms with Crippen molar-refractivity contribution in [3.63, 3.8) is 0 Å². The molecular weight excluding hydrogens is 482 g/mol. The third-order valence-electron chi connectivity index (χ3n) is 5.21. The lowest BCUT2D eigenvalue weighted by Gasteiger charge is -2.14. The standard InChI is InChI=1S/C26H29N3O4S2/c1-3-19(2)33-23-11-7-10-21(18-23)25(30)29-26(34)28-22-12-14-24(15-13-22)35(31,32)27-17-16-20-8-5-4-6-9-20/h4-15,18-19,27H,3,16-17H2,1-2H3,(H2,28,29,30,34). The minimum Gasteiger partial charge on any atom is -0.491 e. The van der Waals surface area contributed by atoms with Crippen molar-refractivity contribution in [2.45, 2.75) is 37.7 Å². The zero-order valence-electron chi connectivity index (χ0n) is 19.7. The van der Waals surface area contributed by atoms with Gasteiger partial charge in [-0.2, -0.15) is 0 Å². The summed E-state index contributed by atoms with van der Waals surface area (Å²) in [5.41, 5.74) is 2.02. The number of ether oxygens (including phenoxy) is 1. The highest BCUT2D eigenvalue weighted by Crippen LogP contribution is 2.17. The number of carbonyl (C=O) groups is 1. The third-order valence-corrected chi connectivity index (χ3v) is 6.89. The van der Waals surface area contributed by atoms with Crippen LogP contribution in [0.15, 0.2) is 83.8 Å². The second-order valence-electron chi connectivity index (χ2n) is 7.93. The molecule has 3 aromatic carbocycles. The fourth-order valence-corrected chi connectivity index (χ4v) is 4.38. The number of anilines is 1. The number of thiocarbonyl (C=S) groups is 1. The van der Waals surface area contributed by atoms with Crippen molar-refractivity contribution in [1.82, 2.24) is 10.0 Å². The molecule has 0 aliphatic carbocycles. The Bertz CT molecular complexity index is 1250. The summed E-state index contributed by atoms with van der Waals surface area (Å²) in [7, 11) is -3.64. The first-order valence-corrected chi connectivity index (χ1v) is 13.2. The normalized spacial score (nSPS) is 11.9. The van der Waals surface area contributed by atoms with Gasteiger partial charge in [-0.1, -0.05) is 43.3 Å². The molecule has 0 bridgehead atoms. The van der Waals surface area contributed by atoms with Crippen LogP contribution in [0.5, 0.6) is 5.75 Å². The van der Waals surface area contributed by atoms with Gasteiger partial charge in [0.1, 0.15) is 5.75 Å². The van der Waals surface area contributed by atoms with Gasteiger partial charge < -0.3 is 10.1 Å². The Labute approximate surface area is 212 Å². The number of carbonyl (C=O) groups excluding carboxylic acids is 1. The molecule has 0 heterocycles. The van der Waals surface area contributed by atoms with E-state index >= 15 is 0 Å². The lowest BCUT2D eigenvalue weighted by molar-refractivity contribution is 0.0977. The molecule has 0 fully saturated rings. The van der Waals surface area contributed by atoms with Gasteiger partial charge in [-0.05, 0) is 80.0 Å². The van der Waals surface area contributed by atoms with Gasteiger partial charge in [0.25, 0.3) is 5.91 Å². The minimum absolute atomic E-state index is 0.0434. The summed E-state index contributed by atoms with van der Waals surface area (Å²) in [5.74, 6) is 0.235. The molecule has 0 aliphatic rings. The molecular formula is C26H29N3O4S2. The number of hydrogen-bond acceptors (Lipinski definition) is 5. The Kier molecular flexibility index (Phi) is 9.36. The molecule has 1 amide bonds. The Morgan fingerprint density at radius 1 is 1.00 bits per heavy atom. The van der Waals surface area contributed by atoms with E-state index in [-0.39, 0.29) is 22.0 Å². The Morgan fingerprint density at radius 3 is 2.40 bits per heavy atom. The smallest absolute Gasteiger partial charge is 0.257 e. The SMILES string of the molecule is CCC(C)Oc1cccc(C(=O)NC(=S)Nc2ccc(S(=O)(=O)NCCc3ccccc3)cc2)c1. The molecule has 9 heteroatoms. The molecule has 7 nitrogen and oxygen atoms in total. The van der Waals surface area contributed by atoms with Crippen molar-refractivity contribution in [3.05, 3.63) is 90.0 Å². The maximum Gasteiger partial charge on any atom is 0.257 e. The van der Waals surface area contributed by atoms with Crippen molar-refractivity contribution in [2.75, 3.05) is 11.9 Å². The topological polar surface area (TPSA) is 96.5 Å². The maximum absolute atomic E-state index is 12.6. The molecule has 0 spiro atoms. The summed E-state index contributed by atoms with van der Waals surface area (Å²) < 4.78 is 33.5. The first kappa shape index (κ1) is 26.3. The molecule has 184 valence electrons. The molecule has 35 heavy (non-hydrogen) atoms. The highest BCUT2D eigenvalue weighted by Gasteiger charge is 2.14. The van der Waals surface area contributed by atoms with Gasteiger partial charge >= 0.3 is 0 Å². The van der Waals surface area contributed by atoms with E-state index in [0.29, 0.717) is 30.0 Å². The largest absolute Gasteiger partial charge is 0.491 e. The summed E-state index contributed by atoms with van der Waals surface area (Å²) in [6.07, 6.45) is 1.50. The minimum atomic E-state index is -3.64. The van der Waals surface area contributed by atoms with Crippen molar-refractivity contribution in [2.24, 2.45) is 0 Å². The summed E-state index contributed by atoms with van der Waals surface area (Å²) in [4.78, 5) is 12.7. The van der Waals surface area contributed by atoms with Crippen LogP contribution in [-0.2, 0) is 16.4 Å². The van der Waals surface area contributed by atoms with Gasteiger partial charge in [-0.3, -0.25) is 10.1 Å². The van der Waals surface area contributed by atoms with E-state index in [0.717, 1.165) is 12.0 Å². The third kappa shape index (κ3) is 8.17. The van der Waals surface area contributed by atoms with E-state index in [1.165, 1.54) is 12.1 Å². The number of amides is 1. The second-order valence-corrected chi connectivity index (χ2v) is 10.1. The monoisotopic (exact) mass is 511 g/mol. The average molecular weight is 512 g/mol. The fourth-order valence-electron chi connectivity index (χ4n) is 3.14. The molecule has 3 rings (SSSR count). The van der Waals surface area contributed by atoms with E-state index in [9.17, 15) is 13.2 Å². The van der Waals surface area contributed by atoms with Crippen LogP contribution in [0.2, 0.25) is 0 Å². The molecule has 0 saturated carbocycles. The number of rotatable bonds is 10. The van der Waals surface area contributed by atoms with Gasteiger partial charge in [-0.15, -0.1) is 0 Å². The van der Waals surface area contributed by atoms with Crippen LogP contribution in [0.4, 0.5) is 5.69 Å². The summed E-state index contributed by atoms with van der Waals surface area (Å²) in [6, 6.07) is 22.7. The van der Waals surface area contributed by atoms with E-state index in [1.54, 1.807) is 36.4 Å². The molecule has 3 N–H and O–H groups in total. The van der Waals surface area contributed by atoms with Crippen LogP contribution < -0.4 is 20.1 Å². The van der Waals surface area contributed by atoms with Gasteiger partial charge in [0.15, 0.2) is 5.11 Å². The maximum atomic E-state index is 12.6. The van der Waals surface area contributed by atoms with Crippen molar-refractivity contribution >= 4 is 38.9 Å². The van der Waals surface area contributed by atoms with Crippen LogP contribution in [0.3, 0.4) is 0 Å². The predicted octanol–water partition coefficient (Wildman–Crippen LogP) is 4.51. The van der Waals surface area contributed by atoms with Crippen LogP contribution in [0.25, 0.3) is 0 Å². The van der Waals surface area contributed by atoms with Crippen molar-refractivity contribution < 1.29 is 17.9 Å². The quantitative estimate of drug-likeness (QED) is 0.347. The molecule has 0 aromatic heterocycles. The number of hydrogen-bond donors (Lipinski definition) is 3. The van der Waals surface area contributed by atoms with Crippen LogP contribution in [-0.4, -0.2) is 32.1 Å². The molecule has 1 unspecified atom stereocenters. The van der Waals surface area contributed by atoms with Gasteiger partial charge in [0.2, 0.25) is 10.0 Å². The Hall–Kier alpha value is -3.27. The zero-order chi connectivity index (χ0) is 25.3. The van der Waals surface area contributed by atoms with E-state index in [2.05, 4.69) is 15.4 Å². The first-order valence-electron chi connectivity index (χ1n) is 11.3. The lowest BCUT2D eigenvalue weighted by atomic mass is 10.2. The van der Waals surface area contributed by atoms with Crippen LogP contribution in [0, 0.1) is 0 Å². The lowest BCUT2D eigenvalue weighted by Crippen LogP contribution is -2.34. The first-order chi connectivity index (χ1) is 16.8. The molecule has 1 atom stereocenters. The predicted molar refractivity (Wildman–Crippen MR) is 142 cm³/mol. The number of benzene rings is 3. The second kappa shape index (κ2) is 12.4. The molecule has 3 aromatic rings. The Balaban J connectivity index is 1.53. The average Bonchev–Trinajstić information content (AvgIpc) is 2.85. The van der Waals surface area contributed by atoms with Gasteiger partial charge in [0.05, 0.1) is 11.0 Å². The highest BCUT2D eigenvalue weighted by molar-refractivity contribution is 7.89. The van der Waals surface area contributed by atoms with Gasteiger partial charge in [-0.25, -0.2) is 13.1 Å². The highest BCUT2D eigenvalue weighted by atomic mass is 32.2. The molecule has 0 saturated heterocycles. The summed E-state index contributed by atoms with van der Waals surface area (Å²) in [6.45, 7) is 4.28. The van der Waals surface area contributed by atoms with Gasteiger partial charge in [0, 0.05) is 17.8 Å². The fraction of sp³-hybridized carbons (Fsp3) is 0.231. The van der Waals surface area contributed by atoms with Crippen LogP contribution >= 0.6 is 12.2 Å². The van der Waals surface area contributed by atoms with E-state index in [4.69, 9.17) is 17.0 Å². The Morgan fingerprint density at radius 2 is 1.71 bits per heavy atom. The number of nitrogens with one attached hydrogen (secondary N) is 3. The zero-order valence-corrected chi connectivity index (χ0v) is 21.3. The van der Waals surface area contributed by atoms with E-state index in [1.807, 2.05) is 44.2 Å².